The van der Waals surface area contributed by atoms with Crippen LogP contribution in [-0.4, -0.2) is 9.97 Å². The van der Waals surface area contributed by atoms with Crippen molar-refractivity contribution in [3.05, 3.63) is 24.3 Å². The Labute approximate surface area is 74.8 Å². The summed E-state index contributed by atoms with van der Waals surface area (Å²) in [6, 6.07) is 7.51. The molecular weight excluding hydrogens is 166 g/mol. The summed E-state index contributed by atoms with van der Waals surface area (Å²) in [7, 11) is 0. The molecule has 2 rings (SSSR count). The Hall–Kier alpha value is -1.88. The van der Waals surface area contributed by atoms with Gasteiger partial charge in [-0.1, -0.05) is 12.1 Å². The summed E-state index contributed by atoms with van der Waals surface area (Å²) in [6.45, 7) is 0. The number of nitrogens with zero attached hydrogens (tertiary/aromatic N) is 2. The van der Waals surface area contributed by atoms with Crippen LogP contribution in [0.2, 0.25) is 0 Å². The van der Waals surface area contributed by atoms with Crippen LogP contribution in [0.3, 0.4) is 0 Å². The number of hydrazine groups is 1. The lowest BCUT2D eigenvalue weighted by molar-refractivity contribution is 1.19. The van der Waals surface area contributed by atoms with Crippen LogP contribution in [0.25, 0.3) is 10.9 Å². The molecule has 0 spiro atoms. The van der Waals surface area contributed by atoms with E-state index in [1.165, 1.54) is 0 Å². The number of nitrogen functional groups attached to an aromatic ring is 2. The van der Waals surface area contributed by atoms with Crippen molar-refractivity contribution in [1.82, 2.24) is 9.97 Å². The molecule has 0 fully saturated rings. The molecule has 5 N–H and O–H groups in total. The smallest absolute Gasteiger partial charge is 0.222 e. The topological polar surface area (TPSA) is 89.8 Å². The van der Waals surface area contributed by atoms with E-state index in [4.69, 9.17) is 11.6 Å². The molecule has 0 unspecified atom stereocenters. The van der Waals surface area contributed by atoms with Crippen LogP contribution < -0.4 is 17.0 Å². The number of benzene rings is 1. The molecule has 0 bridgehead atoms. The second kappa shape index (κ2) is 2.87. The van der Waals surface area contributed by atoms with E-state index in [2.05, 4.69) is 15.4 Å². The first kappa shape index (κ1) is 7.75. The quantitative estimate of drug-likeness (QED) is 0.433. The number of fused-ring (bicyclic) bond motifs is 1. The highest BCUT2D eigenvalue weighted by Gasteiger charge is 2.02. The summed E-state index contributed by atoms with van der Waals surface area (Å²) in [5.74, 6) is 6.05. The molecule has 0 aliphatic carbocycles. The summed E-state index contributed by atoms with van der Waals surface area (Å²) in [5, 5.41) is 0.860. The van der Waals surface area contributed by atoms with E-state index in [9.17, 15) is 0 Å². The van der Waals surface area contributed by atoms with E-state index in [1.54, 1.807) is 0 Å². The van der Waals surface area contributed by atoms with Crippen LogP contribution in [0.15, 0.2) is 24.3 Å². The van der Waals surface area contributed by atoms with Crippen LogP contribution in [0.4, 0.5) is 11.8 Å². The predicted octanol–water partition coefficient (Wildman–Crippen LogP) is 0.498. The Balaban J connectivity index is 2.81. The van der Waals surface area contributed by atoms with E-state index >= 15 is 0 Å². The van der Waals surface area contributed by atoms with Crippen LogP contribution in [0, 0.1) is 0 Å². The molecule has 0 atom stereocenters. The van der Waals surface area contributed by atoms with Gasteiger partial charge in [-0.3, -0.25) is 0 Å². The Morgan fingerprint density at radius 2 is 1.92 bits per heavy atom. The average molecular weight is 175 g/mol. The first-order chi connectivity index (χ1) is 6.31. The van der Waals surface area contributed by atoms with E-state index < -0.39 is 0 Å². The lowest BCUT2D eigenvalue weighted by Gasteiger charge is -2.04. The average Bonchev–Trinajstić information content (AvgIpc) is 2.16. The van der Waals surface area contributed by atoms with Gasteiger partial charge in [0.15, 0.2) is 5.82 Å². The number of anilines is 2. The normalized spacial score (nSPS) is 10.2. The van der Waals surface area contributed by atoms with Gasteiger partial charge in [-0.2, -0.15) is 4.98 Å². The lowest BCUT2D eigenvalue weighted by atomic mass is 10.2. The first-order valence-corrected chi connectivity index (χ1v) is 3.80. The summed E-state index contributed by atoms with van der Waals surface area (Å²) in [4.78, 5) is 8.01. The molecular formula is C8H9N5. The third-order valence-electron chi connectivity index (χ3n) is 1.76. The van der Waals surface area contributed by atoms with Gasteiger partial charge in [0.2, 0.25) is 5.95 Å². The first-order valence-electron chi connectivity index (χ1n) is 3.80. The van der Waals surface area contributed by atoms with Crippen molar-refractivity contribution in [3.63, 3.8) is 0 Å². The number of nitrogens with two attached hydrogens (primary N) is 2. The molecule has 0 aliphatic rings. The maximum Gasteiger partial charge on any atom is 0.222 e. The molecule has 1 aromatic carbocycles. The van der Waals surface area contributed by atoms with Gasteiger partial charge in [0.05, 0.1) is 5.52 Å². The van der Waals surface area contributed by atoms with Gasteiger partial charge in [-0.05, 0) is 12.1 Å². The molecule has 0 amide bonds. The predicted molar refractivity (Wildman–Crippen MR) is 51.8 cm³/mol. The van der Waals surface area contributed by atoms with Gasteiger partial charge < -0.3 is 11.2 Å². The van der Waals surface area contributed by atoms with Crippen molar-refractivity contribution in [2.45, 2.75) is 0 Å². The molecule has 13 heavy (non-hydrogen) atoms. The fraction of sp³-hybridized carbons (Fsp3) is 0. The summed E-state index contributed by atoms with van der Waals surface area (Å²) >= 11 is 0. The number of aromatic nitrogens is 2. The van der Waals surface area contributed by atoms with Crippen molar-refractivity contribution in [2.75, 3.05) is 11.2 Å². The molecule has 2 aromatic rings. The maximum atomic E-state index is 5.48. The van der Waals surface area contributed by atoms with Gasteiger partial charge in [-0.25, -0.2) is 10.8 Å². The summed E-state index contributed by atoms with van der Waals surface area (Å²) in [6.07, 6.45) is 0. The number of para-hydroxylation sites is 1. The van der Waals surface area contributed by atoms with Crippen molar-refractivity contribution in [3.8, 4) is 0 Å². The second-order valence-electron chi connectivity index (χ2n) is 2.59. The third-order valence-corrected chi connectivity index (χ3v) is 1.76. The van der Waals surface area contributed by atoms with Gasteiger partial charge in [0, 0.05) is 5.39 Å². The van der Waals surface area contributed by atoms with Crippen molar-refractivity contribution < 1.29 is 0 Å². The number of hydrogen-bond acceptors (Lipinski definition) is 5. The third kappa shape index (κ3) is 1.25. The second-order valence-corrected chi connectivity index (χ2v) is 2.59. The highest BCUT2D eigenvalue weighted by molar-refractivity contribution is 5.89. The fourth-order valence-corrected chi connectivity index (χ4v) is 1.20. The standard InChI is InChI=1S/C8H9N5/c9-8-11-6-4-2-1-3-5(6)7(12-8)13-10/h1-4H,10H2,(H3,9,11,12,13). The van der Waals surface area contributed by atoms with Gasteiger partial charge in [0.25, 0.3) is 0 Å². The number of hydrogen-bond donors (Lipinski definition) is 3. The minimum Gasteiger partial charge on any atom is -0.368 e. The highest BCUT2D eigenvalue weighted by atomic mass is 15.3. The van der Waals surface area contributed by atoms with E-state index in [-0.39, 0.29) is 5.95 Å². The van der Waals surface area contributed by atoms with Gasteiger partial charge in [-0.15, -0.1) is 0 Å². The molecule has 5 heteroatoms. The number of rotatable bonds is 1. The zero-order valence-corrected chi connectivity index (χ0v) is 6.86. The van der Waals surface area contributed by atoms with E-state index in [0.717, 1.165) is 10.9 Å². The highest BCUT2D eigenvalue weighted by Crippen LogP contribution is 2.19. The van der Waals surface area contributed by atoms with Crippen LogP contribution in [0.1, 0.15) is 0 Å². The monoisotopic (exact) mass is 175 g/mol. The SMILES string of the molecule is NNc1nc(N)nc2ccccc12. The minimum absolute atomic E-state index is 0.214. The van der Waals surface area contributed by atoms with E-state index in [1.807, 2.05) is 24.3 Å². The Morgan fingerprint density at radius 3 is 2.69 bits per heavy atom. The van der Waals surface area contributed by atoms with Crippen molar-refractivity contribution in [2.24, 2.45) is 5.84 Å². The summed E-state index contributed by atoms with van der Waals surface area (Å²) < 4.78 is 0. The molecule has 0 aliphatic heterocycles. The Kier molecular flexibility index (Phi) is 1.71. The van der Waals surface area contributed by atoms with Crippen LogP contribution in [0.5, 0.6) is 0 Å². The zero-order chi connectivity index (χ0) is 9.26. The zero-order valence-electron chi connectivity index (χ0n) is 6.86. The van der Waals surface area contributed by atoms with Crippen molar-refractivity contribution >= 4 is 22.7 Å². The molecule has 66 valence electrons. The van der Waals surface area contributed by atoms with E-state index in [0.29, 0.717) is 5.82 Å². The number of nitrogens with one attached hydrogen (secondary N) is 1. The fourth-order valence-electron chi connectivity index (χ4n) is 1.20. The molecule has 0 saturated heterocycles. The van der Waals surface area contributed by atoms with Gasteiger partial charge >= 0.3 is 0 Å². The van der Waals surface area contributed by atoms with Crippen LogP contribution >= 0.6 is 0 Å². The Morgan fingerprint density at radius 1 is 1.15 bits per heavy atom. The minimum atomic E-state index is 0.214. The summed E-state index contributed by atoms with van der Waals surface area (Å²) in [5.41, 5.74) is 8.74. The molecule has 1 heterocycles. The molecule has 1 aromatic heterocycles. The van der Waals surface area contributed by atoms with Crippen LogP contribution in [-0.2, 0) is 0 Å². The van der Waals surface area contributed by atoms with Gasteiger partial charge in [0.1, 0.15) is 0 Å². The lowest BCUT2D eigenvalue weighted by Crippen LogP contribution is -2.10. The largest absolute Gasteiger partial charge is 0.368 e. The Bertz CT molecular complexity index is 439. The molecule has 0 saturated carbocycles. The van der Waals surface area contributed by atoms with Crippen molar-refractivity contribution in [1.29, 1.82) is 0 Å². The molecule has 0 radical (unpaired) electrons. The maximum absolute atomic E-state index is 5.48. The molecule has 5 nitrogen and oxygen atoms in total.